The van der Waals surface area contributed by atoms with Crippen LogP contribution in [0.2, 0.25) is 0 Å². The third kappa shape index (κ3) is 3.72. The van der Waals surface area contributed by atoms with Crippen molar-refractivity contribution in [3.05, 3.63) is 30.4 Å². The molecule has 1 unspecified atom stereocenters. The lowest BCUT2D eigenvalue weighted by Gasteiger charge is -2.17. The fraction of sp³-hybridized carbons (Fsp3) is 0.476. The number of hydrogen-bond donors (Lipinski definition) is 2. The largest absolute Gasteiger partial charge is 0.386 e. The van der Waals surface area contributed by atoms with Crippen molar-refractivity contribution in [2.45, 2.75) is 45.3 Å². The zero-order chi connectivity index (χ0) is 21.5. The molecule has 1 saturated heterocycles. The maximum Gasteiger partial charge on any atom is 0.222 e. The second kappa shape index (κ2) is 7.64. The first-order valence-corrected chi connectivity index (χ1v) is 10.2. The molecular formula is C21H27N7O2. The van der Waals surface area contributed by atoms with Crippen molar-refractivity contribution >= 4 is 22.9 Å². The number of carbonyl (C=O) groups excluding carboxylic acids is 1. The second-order valence-electron chi connectivity index (χ2n) is 8.23. The van der Waals surface area contributed by atoms with E-state index in [1.165, 1.54) is 6.33 Å². The van der Waals surface area contributed by atoms with Gasteiger partial charge in [0, 0.05) is 56.1 Å². The van der Waals surface area contributed by atoms with Gasteiger partial charge < -0.3 is 19.9 Å². The summed E-state index contributed by atoms with van der Waals surface area (Å²) in [5.41, 5.74) is 1.88. The third-order valence-electron chi connectivity index (χ3n) is 5.54. The first kappa shape index (κ1) is 20.2. The molecule has 1 aliphatic heterocycles. The van der Waals surface area contributed by atoms with Crippen molar-refractivity contribution in [2.24, 2.45) is 7.05 Å². The van der Waals surface area contributed by atoms with Gasteiger partial charge in [0.2, 0.25) is 5.91 Å². The number of carbonyl (C=O) groups is 1. The van der Waals surface area contributed by atoms with Crippen LogP contribution in [0, 0.1) is 0 Å². The normalized spacial score (nSPS) is 17.0. The van der Waals surface area contributed by atoms with Crippen molar-refractivity contribution in [1.29, 1.82) is 0 Å². The van der Waals surface area contributed by atoms with E-state index in [2.05, 4.69) is 20.3 Å². The lowest BCUT2D eigenvalue weighted by atomic mass is 9.99. The molecular weight excluding hydrogens is 382 g/mol. The van der Waals surface area contributed by atoms with E-state index in [0.717, 1.165) is 18.5 Å². The molecule has 1 fully saturated rings. The Hall–Kier alpha value is -3.07. The predicted molar refractivity (Wildman–Crippen MR) is 114 cm³/mol. The number of imidazole rings is 1. The monoisotopic (exact) mass is 409 g/mol. The average molecular weight is 409 g/mol. The van der Waals surface area contributed by atoms with Gasteiger partial charge in [-0.15, -0.1) is 0 Å². The molecule has 0 spiro atoms. The molecule has 2 N–H and O–H groups in total. The highest BCUT2D eigenvalue weighted by molar-refractivity contribution is 5.86. The quantitative estimate of drug-likeness (QED) is 0.664. The molecule has 1 amide bonds. The van der Waals surface area contributed by atoms with Crippen molar-refractivity contribution in [3.8, 4) is 11.4 Å². The van der Waals surface area contributed by atoms with Crippen molar-refractivity contribution < 1.29 is 9.90 Å². The average Bonchev–Trinajstić information content (AvgIpc) is 3.32. The Labute approximate surface area is 175 Å². The number of fused-ring (bicyclic) bond motifs is 1. The molecule has 4 heterocycles. The zero-order valence-electron chi connectivity index (χ0n) is 17.8. The van der Waals surface area contributed by atoms with Gasteiger partial charge in [-0.25, -0.2) is 15.0 Å². The number of aliphatic hydroxyl groups is 1. The number of nitrogens with zero attached hydrogens (tertiary/aromatic N) is 6. The number of pyridine rings is 1. The maximum atomic E-state index is 12.0. The van der Waals surface area contributed by atoms with Gasteiger partial charge in [0.15, 0.2) is 17.0 Å². The van der Waals surface area contributed by atoms with Crippen molar-refractivity contribution in [3.63, 3.8) is 0 Å². The summed E-state index contributed by atoms with van der Waals surface area (Å²) in [5.74, 6) is 1.53. The van der Waals surface area contributed by atoms with Gasteiger partial charge in [0.05, 0.1) is 5.60 Å². The maximum absolute atomic E-state index is 12.0. The number of aromatic nitrogens is 5. The summed E-state index contributed by atoms with van der Waals surface area (Å²) in [6, 6.07) is 2.02. The van der Waals surface area contributed by atoms with E-state index in [-0.39, 0.29) is 11.9 Å². The summed E-state index contributed by atoms with van der Waals surface area (Å²) < 4.78 is 1.90. The highest BCUT2D eigenvalue weighted by atomic mass is 16.3. The molecule has 1 atom stereocenters. The van der Waals surface area contributed by atoms with Crippen molar-refractivity contribution in [2.75, 3.05) is 18.4 Å². The van der Waals surface area contributed by atoms with Crippen LogP contribution in [0.15, 0.2) is 24.8 Å². The predicted octanol–water partition coefficient (Wildman–Crippen LogP) is 2.08. The molecule has 3 aromatic heterocycles. The number of nitrogens with one attached hydrogen (secondary N) is 1. The Morgan fingerprint density at radius 2 is 2.13 bits per heavy atom. The van der Waals surface area contributed by atoms with Gasteiger partial charge in [0.25, 0.3) is 0 Å². The van der Waals surface area contributed by atoms with Crippen LogP contribution < -0.4 is 5.32 Å². The molecule has 30 heavy (non-hydrogen) atoms. The number of aryl methyl sites for hydroxylation is 1. The molecule has 0 saturated carbocycles. The van der Waals surface area contributed by atoms with Gasteiger partial charge in [-0.1, -0.05) is 6.92 Å². The molecule has 0 bridgehead atoms. The van der Waals surface area contributed by atoms with Crippen LogP contribution in [-0.2, 0) is 17.4 Å². The highest BCUT2D eigenvalue weighted by Gasteiger charge is 2.27. The third-order valence-corrected chi connectivity index (χ3v) is 5.54. The topological polar surface area (TPSA) is 109 Å². The van der Waals surface area contributed by atoms with E-state index in [0.29, 0.717) is 41.3 Å². The Kier molecular flexibility index (Phi) is 5.15. The molecule has 9 nitrogen and oxygen atoms in total. The second-order valence-corrected chi connectivity index (χ2v) is 8.23. The Morgan fingerprint density at radius 3 is 2.87 bits per heavy atom. The van der Waals surface area contributed by atoms with Gasteiger partial charge in [-0.3, -0.25) is 9.78 Å². The summed E-state index contributed by atoms with van der Waals surface area (Å²) in [7, 11) is 1.90. The van der Waals surface area contributed by atoms with Crippen LogP contribution in [0.1, 0.15) is 39.2 Å². The standard InChI is InChI=1S/C21H27N7O2/c1-5-16(29)28-7-6-15(11-28)25-18-17-20(24-12-23-18)27(4)19(26-17)13-8-14(10-22-9-13)21(2,3)30/h8-10,12,15,30H,5-7,11H2,1-4H3,(H,23,24,25). The highest BCUT2D eigenvalue weighted by Crippen LogP contribution is 2.29. The van der Waals surface area contributed by atoms with Crippen LogP contribution in [0.5, 0.6) is 0 Å². The molecule has 9 heteroatoms. The van der Waals surface area contributed by atoms with E-state index < -0.39 is 5.60 Å². The van der Waals surface area contributed by atoms with E-state index in [1.807, 2.05) is 29.5 Å². The lowest BCUT2D eigenvalue weighted by molar-refractivity contribution is -0.129. The Morgan fingerprint density at radius 1 is 1.33 bits per heavy atom. The molecule has 3 aromatic rings. The van der Waals surface area contributed by atoms with E-state index in [4.69, 9.17) is 4.98 Å². The summed E-state index contributed by atoms with van der Waals surface area (Å²) in [6.07, 6.45) is 6.29. The minimum absolute atomic E-state index is 0.129. The summed E-state index contributed by atoms with van der Waals surface area (Å²) in [4.78, 5) is 31.7. The molecule has 1 aliphatic rings. The van der Waals surface area contributed by atoms with Gasteiger partial charge in [0.1, 0.15) is 12.2 Å². The molecule has 4 rings (SSSR count). The first-order chi connectivity index (χ1) is 14.3. The fourth-order valence-corrected chi connectivity index (χ4v) is 3.78. The van der Waals surface area contributed by atoms with Gasteiger partial charge in [-0.2, -0.15) is 0 Å². The fourth-order valence-electron chi connectivity index (χ4n) is 3.78. The van der Waals surface area contributed by atoms with Crippen LogP contribution in [0.4, 0.5) is 5.82 Å². The van der Waals surface area contributed by atoms with Crippen LogP contribution in [-0.4, -0.2) is 59.5 Å². The number of rotatable bonds is 5. The van der Waals surface area contributed by atoms with Gasteiger partial charge in [-0.05, 0) is 26.3 Å². The van der Waals surface area contributed by atoms with Crippen LogP contribution in [0.25, 0.3) is 22.6 Å². The minimum Gasteiger partial charge on any atom is -0.386 e. The summed E-state index contributed by atoms with van der Waals surface area (Å²) >= 11 is 0. The Bertz CT molecular complexity index is 1090. The molecule has 0 aromatic carbocycles. The SMILES string of the molecule is CCC(=O)N1CCC(Nc2ncnc3c2nc(-c2cncc(C(C)(C)O)c2)n3C)C1. The van der Waals surface area contributed by atoms with Crippen LogP contribution >= 0.6 is 0 Å². The molecule has 158 valence electrons. The number of anilines is 1. The van der Waals surface area contributed by atoms with Gasteiger partial charge >= 0.3 is 0 Å². The minimum atomic E-state index is -0.996. The lowest BCUT2D eigenvalue weighted by Crippen LogP contribution is -2.31. The number of hydrogen-bond acceptors (Lipinski definition) is 7. The summed E-state index contributed by atoms with van der Waals surface area (Å²) in [6.45, 7) is 6.75. The summed E-state index contributed by atoms with van der Waals surface area (Å²) in [5, 5.41) is 13.8. The van der Waals surface area contributed by atoms with E-state index in [9.17, 15) is 9.90 Å². The first-order valence-electron chi connectivity index (χ1n) is 10.2. The number of likely N-dealkylation sites (tertiary alicyclic amines) is 1. The molecule has 0 radical (unpaired) electrons. The zero-order valence-corrected chi connectivity index (χ0v) is 17.8. The smallest absolute Gasteiger partial charge is 0.222 e. The van der Waals surface area contributed by atoms with Crippen molar-refractivity contribution in [1.82, 2.24) is 29.4 Å². The van der Waals surface area contributed by atoms with E-state index >= 15 is 0 Å². The van der Waals surface area contributed by atoms with E-state index in [1.54, 1.807) is 26.2 Å². The Balaban J connectivity index is 1.66. The van der Waals surface area contributed by atoms with Crippen LogP contribution in [0.3, 0.4) is 0 Å². The molecule has 0 aliphatic carbocycles. The number of amides is 1.